The van der Waals surface area contributed by atoms with Crippen molar-refractivity contribution in [2.75, 3.05) is 0 Å². The summed E-state index contributed by atoms with van der Waals surface area (Å²) in [7, 11) is 0. The van der Waals surface area contributed by atoms with E-state index in [0.29, 0.717) is 12.8 Å². The number of nitrogens with zero attached hydrogens (tertiary/aromatic N) is 1. The fraction of sp³-hybridized carbons (Fsp3) is 0.235. The molecular weight excluding hydrogens is 314 g/mol. The van der Waals surface area contributed by atoms with Crippen LogP contribution in [-0.4, -0.2) is 5.11 Å². The zero-order valence-electron chi connectivity index (χ0n) is 11.3. The quantitative estimate of drug-likeness (QED) is 0.888. The van der Waals surface area contributed by atoms with Crippen LogP contribution in [0, 0.1) is 11.3 Å². The Kier molecular flexibility index (Phi) is 4.59. The van der Waals surface area contributed by atoms with Gasteiger partial charge < -0.3 is 5.11 Å². The van der Waals surface area contributed by atoms with Gasteiger partial charge in [-0.2, -0.15) is 5.26 Å². The maximum absolute atomic E-state index is 10.4. The highest BCUT2D eigenvalue weighted by atomic mass is 79.9. The van der Waals surface area contributed by atoms with Gasteiger partial charge in [-0.1, -0.05) is 52.3 Å². The van der Waals surface area contributed by atoms with Crippen molar-refractivity contribution in [1.29, 1.82) is 5.26 Å². The minimum absolute atomic E-state index is 0.348. The Hall–Kier alpha value is -1.63. The van der Waals surface area contributed by atoms with Gasteiger partial charge in [-0.05, 0) is 42.2 Å². The number of hydrogen-bond acceptors (Lipinski definition) is 2. The van der Waals surface area contributed by atoms with Crippen LogP contribution in [0.1, 0.15) is 25.3 Å². The summed E-state index contributed by atoms with van der Waals surface area (Å²) < 4.78 is 1.04. The summed E-state index contributed by atoms with van der Waals surface area (Å²) in [5.74, 6) is 0. The maximum Gasteiger partial charge on any atom is 0.0878 e. The molecule has 1 N–H and O–H groups in total. The number of benzene rings is 2. The van der Waals surface area contributed by atoms with Crippen molar-refractivity contribution in [1.82, 2.24) is 0 Å². The minimum atomic E-state index is -0.953. The fourth-order valence-corrected chi connectivity index (χ4v) is 2.53. The first-order chi connectivity index (χ1) is 9.53. The molecule has 0 radical (unpaired) electrons. The zero-order chi connectivity index (χ0) is 14.6. The molecule has 2 nitrogen and oxygen atoms in total. The number of nitriles is 1. The number of rotatable bonds is 4. The summed E-state index contributed by atoms with van der Waals surface area (Å²) in [4.78, 5) is 0. The number of aliphatic hydroxyl groups is 1. The lowest BCUT2D eigenvalue weighted by Crippen LogP contribution is -2.20. The predicted octanol–water partition coefficient (Wildman–Crippen LogP) is 4.63. The Morgan fingerprint density at radius 3 is 2.45 bits per heavy atom. The van der Waals surface area contributed by atoms with Crippen LogP contribution in [0.15, 0.2) is 53.0 Å². The van der Waals surface area contributed by atoms with Crippen molar-refractivity contribution in [2.45, 2.75) is 25.4 Å². The molecule has 0 saturated carbocycles. The fourth-order valence-electron chi connectivity index (χ4n) is 2.13. The molecule has 0 aromatic heterocycles. The Balaban J connectivity index is 2.24. The van der Waals surface area contributed by atoms with E-state index in [0.717, 1.165) is 21.2 Å². The normalized spacial score (nSPS) is 13.5. The van der Waals surface area contributed by atoms with Crippen LogP contribution >= 0.6 is 15.9 Å². The molecule has 3 heteroatoms. The molecule has 0 spiro atoms. The molecule has 1 unspecified atom stereocenters. The summed E-state index contributed by atoms with van der Waals surface area (Å²) in [6.07, 6.45) is 0.792. The molecule has 20 heavy (non-hydrogen) atoms. The molecule has 2 rings (SSSR count). The lowest BCUT2D eigenvalue weighted by Gasteiger charge is -2.22. The molecule has 0 amide bonds. The van der Waals surface area contributed by atoms with Crippen LogP contribution < -0.4 is 0 Å². The van der Waals surface area contributed by atoms with E-state index in [1.165, 1.54) is 0 Å². The molecule has 0 bridgehead atoms. The number of halogens is 1. The second-order valence-electron chi connectivity index (χ2n) is 5.02. The third kappa shape index (κ3) is 3.47. The van der Waals surface area contributed by atoms with Gasteiger partial charge >= 0.3 is 0 Å². The second-order valence-corrected chi connectivity index (χ2v) is 5.94. The van der Waals surface area contributed by atoms with Gasteiger partial charge in [-0.25, -0.2) is 0 Å². The lowest BCUT2D eigenvalue weighted by molar-refractivity contribution is 0.0492. The highest BCUT2D eigenvalue weighted by Crippen LogP contribution is 2.29. The van der Waals surface area contributed by atoms with Crippen molar-refractivity contribution in [3.05, 3.63) is 58.6 Å². The van der Waals surface area contributed by atoms with E-state index in [4.69, 9.17) is 5.26 Å². The summed E-state index contributed by atoms with van der Waals surface area (Å²) >= 11 is 3.46. The smallest absolute Gasteiger partial charge is 0.0878 e. The van der Waals surface area contributed by atoms with E-state index < -0.39 is 5.60 Å². The first kappa shape index (κ1) is 14.8. The molecule has 0 fully saturated rings. The van der Waals surface area contributed by atoms with Crippen LogP contribution in [-0.2, 0) is 5.60 Å². The van der Waals surface area contributed by atoms with Gasteiger partial charge in [0.1, 0.15) is 0 Å². The molecule has 1 atom stereocenters. The Morgan fingerprint density at radius 1 is 1.15 bits per heavy atom. The summed E-state index contributed by atoms with van der Waals surface area (Å²) in [6.45, 7) is 1.75. The lowest BCUT2D eigenvalue weighted by atomic mass is 9.90. The van der Waals surface area contributed by atoms with Crippen LogP contribution in [0.5, 0.6) is 0 Å². The van der Waals surface area contributed by atoms with Crippen molar-refractivity contribution in [3.63, 3.8) is 0 Å². The molecule has 102 valence electrons. The molecule has 0 aliphatic carbocycles. The minimum Gasteiger partial charge on any atom is -0.385 e. The van der Waals surface area contributed by atoms with E-state index in [1.54, 1.807) is 6.92 Å². The van der Waals surface area contributed by atoms with E-state index in [2.05, 4.69) is 28.1 Å². The third-order valence-corrected chi connectivity index (χ3v) is 3.88. The summed E-state index contributed by atoms with van der Waals surface area (Å²) in [6, 6.07) is 18.0. The van der Waals surface area contributed by atoms with Crippen LogP contribution in [0.25, 0.3) is 11.1 Å². The SMILES string of the molecule is CC(O)(CCC#N)c1ccc(-c2cccc(Br)c2)cc1. The van der Waals surface area contributed by atoms with Gasteiger partial charge in [0.15, 0.2) is 0 Å². The molecular formula is C17H16BrNO. The van der Waals surface area contributed by atoms with Gasteiger partial charge in [-0.15, -0.1) is 0 Å². The summed E-state index contributed by atoms with van der Waals surface area (Å²) in [5.41, 5.74) is 2.12. The molecule has 2 aromatic carbocycles. The van der Waals surface area contributed by atoms with Crippen molar-refractivity contribution in [2.24, 2.45) is 0 Å². The Bertz CT molecular complexity index is 626. The van der Waals surface area contributed by atoms with E-state index >= 15 is 0 Å². The molecule has 0 heterocycles. The number of hydrogen-bond donors (Lipinski definition) is 1. The Labute approximate surface area is 127 Å². The molecule has 0 aliphatic rings. The van der Waals surface area contributed by atoms with Gasteiger partial charge in [0.25, 0.3) is 0 Å². The molecule has 2 aromatic rings. The highest BCUT2D eigenvalue weighted by molar-refractivity contribution is 9.10. The molecule has 0 saturated heterocycles. The van der Waals surface area contributed by atoms with Gasteiger partial charge in [0, 0.05) is 10.9 Å². The second kappa shape index (κ2) is 6.21. The maximum atomic E-state index is 10.4. The first-order valence-electron chi connectivity index (χ1n) is 6.49. The average molecular weight is 330 g/mol. The predicted molar refractivity (Wildman–Crippen MR) is 84.0 cm³/mol. The summed E-state index contributed by atoms with van der Waals surface area (Å²) in [5, 5.41) is 19.0. The largest absolute Gasteiger partial charge is 0.385 e. The standard InChI is InChI=1S/C17H16BrNO/c1-17(20,10-3-11-19)15-8-6-13(7-9-15)14-4-2-5-16(18)12-14/h2,4-9,12,20H,3,10H2,1H3. The van der Waals surface area contributed by atoms with E-state index in [-0.39, 0.29) is 0 Å². The average Bonchev–Trinajstić information content (AvgIpc) is 2.45. The van der Waals surface area contributed by atoms with Crippen LogP contribution in [0.2, 0.25) is 0 Å². The van der Waals surface area contributed by atoms with Gasteiger partial charge in [0.05, 0.1) is 11.7 Å². The first-order valence-corrected chi connectivity index (χ1v) is 7.28. The molecule has 0 aliphatic heterocycles. The van der Waals surface area contributed by atoms with E-state index in [9.17, 15) is 5.11 Å². The van der Waals surface area contributed by atoms with E-state index in [1.807, 2.05) is 42.5 Å². The van der Waals surface area contributed by atoms with Crippen LogP contribution in [0.4, 0.5) is 0 Å². The topological polar surface area (TPSA) is 44.0 Å². The van der Waals surface area contributed by atoms with Crippen molar-refractivity contribution in [3.8, 4) is 17.2 Å². The monoisotopic (exact) mass is 329 g/mol. The third-order valence-electron chi connectivity index (χ3n) is 3.39. The Morgan fingerprint density at radius 2 is 1.85 bits per heavy atom. The zero-order valence-corrected chi connectivity index (χ0v) is 12.9. The van der Waals surface area contributed by atoms with Crippen molar-refractivity contribution < 1.29 is 5.11 Å². The van der Waals surface area contributed by atoms with Crippen LogP contribution in [0.3, 0.4) is 0 Å². The van der Waals surface area contributed by atoms with Gasteiger partial charge in [0.2, 0.25) is 0 Å². The highest BCUT2D eigenvalue weighted by Gasteiger charge is 2.22. The van der Waals surface area contributed by atoms with Crippen molar-refractivity contribution >= 4 is 15.9 Å². The van der Waals surface area contributed by atoms with Gasteiger partial charge in [-0.3, -0.25) is 0 Å².